The molecule has 0 saturated carbocycles. The highest BCUT2D eigenvalue weighted by Gasteiger charge is 2.11. The highest BCUT2D eigenvalue weighted by molar-refractivity contribution is 5.85. The van der Waals surface area contributed by atoms with Gasteiger partial charge in [-0.05, 0) is 19.8 Å². The van der Waals surface area contributed by atoms with Crippen LogP contribution in [0.4, 0.5) is 0 Å². The first kappa shape index (κ1) is 11.7. The fourth-order valence-corrected chi connectivity index (χ4v) is 0.474. The van der Waals surface area contributed by atoms with Crippen LogP contribution in [0.3, 0.4) is 0 Å². The zero-order valence-electron chi connectivity index (χ0n) is 6.18. The largest absolute Gasteiger partial charge is 0.325 e. The van der Waals surface area contributed by atoms with Crippen molar-refractivity contribution in [3.05, 3.63) is 12.7 Å². The van der Waals surface area contributed by atoms with Gasteiger partial charge in [-0.2, -0.15) is 0 Å². The number of hydrogen-bond donors (Lipinski definition) is 1. The molecule has 2 N–H and O–H groups in total. The summed E-state index contributed by atoms with van der Waals surface area (Å²) in [7, 11) is 0. The smallest absolute Gasteiger partial charge is 0.0157 e. The number of nitrogens with two attached hydrogens (primary N) is 1. The van der Waals surface area contributed by atoms with Crippen LogP contribution >= 0.6 is 12.4 Å². The fraction of sp³-hybridized carbons (Fsp3) is 0.714. The molecule has 0 spiro atoms. The predicted octanol–water partition coefficient (Wildman–Crippen LogP) is 2.11. The van der Waals surface area contributed by atoms with Crippen molar-refractivity contribution in [2.45, 2.75) is 32.2 Å². The number of rotatable bonds is 3. The highest BCUT2D eigenvalue weighted by atomic mass is 35.5. The predicted molar refractivity (Wildman–Crippen MR) is 44.9 cm³/mol. The van der Waals surface area contributed by atoms with Gasteiger partial charge in [-0.15, -0.1) is 19.0 Å². The third-order valence-electron chi connectivity index (χ3n) is 1.42. The van der Waals surface area contributed by atoms with Crippen LogP contribution in [-0.4, -0.2) is 5.54 Å². The Labute approximate surface area is 63.7 Å². The normalized spacial score (nSPS) is 15.4. The van der Waals surface area contributed by atoms with Gasteiger partial charge in [0.1, 0.15) is 0 Å². The summed E-state index contributed by atoms with van der Waals surface area (Å²) in [6.07, 6.45) is 3.78. The van der Waals surface area contributed by atoms with E-state index in [0.29, 0.717) is 0 Å². The first-order valence-corrected chi connectivity index (χ1v) is 3.02. The summed E-state index contributed by atoms with van der Waals surface area (Å²) in [5.74, 6) is 0. The molecule has 0 bridgehead atoms. The number of halogens is 1. The molecular formula is C7H16ClN. The third kappa shape index (κ3) is 5.87. The van der Waals surface area contributed by atoms with E-state index in [4.69, 9.17) is 5.73 Å². The van der Waals surface area contributed by atoms with Gasteiger partial charge >= 0.3 is 0 Å². The van der Waals surface area contributed by atoms with Gasteiger partial charge in [0.05, 0.1) is 0 Å². The quantitative estimate of drug-likeness (QED) is 0.612. The molecule has 2 heteroatoms. The maximum Gasteiger partial charge on any atom is 0.0157 e. The fourth-order valence-electron chi connectivity index (χ4n) is 0.474. The zero-order chi connectivity index (χ0) is 6.62. The van der Waals surface area contributed by atoms with Crippen molar-refractivity contribution >= 4 is 12.4 Å². The minimum Gasteiger partial charge on any atom is -0.325 e. The second-order valence-electron chi connectivity index (χ2n) is 2.50. The molecular weight excluding hydrogens is 134 g/mol. The van der Waals surface area contributed by atoms with Crippen LogP contribution in [0.25, 0.3) is 0 Å². The lowest BCUT2D eigenvalue weighted by molar-refractivity contribution is 0.459. The molecule has 0 heterocycles. The molecule has 0 aromatic rings. The SMILES string of the molecule is C=CCC(C)(N)CC.Cl. The average Bonchev–Trinajstić information content (AvgIpc) is 1.67. The Bertz CT molecular complexity index is 79.0. The van der Waals surface area contributed by atoms with E-state index in [-0.39, 0.29) is 17.9 Å². The van der Waals surface area contributed by atoms with Crippen molar-refractivity contribution in [3.63, 3.8) is 0 Å². The molecule has 0 aromatic heterocycles. The summed E-state index contributed by atoms with van der Waals surface area (Å²) in [4.78, 5) is 0. The molecule has 0 aromatic carbocycles. The Morgan fingerprint density at radius 2 is 2.11 bits per heavy atom. The van der Waals surface area contributed by atoms with Crippen LogP contribution in [0.5, 0.6) is 0 Å². The van der Waals surface area contributed by atoms with E-state index in [2.05, 4.69) is 13.5 Å². The lowest BCUT2D eigenvalue weighted by Crippen LogP contribution is -2.34. The van der Waals surface area contributed by atoms with Crippen LogP contribution in [0.1, 0.15) is 26.7 Å². The average molecular weight is 150 g/mol. The maximum absolute atomic E-state index is 5.76. The summed E-state index contributed by atoms with van der Waals surface area (Å²) < 4.78 is 0. The Morgan fingerprint density at radius 3 is 2.22 bits per heavy atom. The molecule has 0 saturated heterocycles. The highest BCUT2D eigenvalue weighted by Crippen LogP contribution is 2.09. The molecule has 0 fully saturated rings. The molecule has 0 radical (unpaired) electrons. The second kappa shape index (κ2) is 4.83. The van der Waals surface area contributed by atoms with Gasteiger partial charge in [0.15, 0.2) is 0 Å². The molecule has 1 nitrogen and oxygen atoms in total. The van der Waals surface area contributed by atoms with Crippen molar-refractivity contribution in [3.8, 4) is 0 Å². The molecule has 0 amide bonds. The van der Waals surface area contributed by atoms with Gasteiger partial charge in [0.25, 0.3) is 0 Å². The van der Waals surface area contributed by atoms with Gasteiger partial charge in [-0.25, -0.2) is 0 Å². The molecule has 0 rings (SSSR count). The first-order valence-electron chi connectivity index (χ1n) is 3.02. The van der Waals surface area contributed by atoms with E-state index in [9.17, 15) is 0 Å². The van der Waals surface area contributed by atoms with Crippen molar-refractivity contribution in [1.29, 1.82) is 0 Å². The van der Waals surface area contributed by atoms with E-state index in [0.717, 1.165) is 12.8 Å². The molecule has 56 valence electrons. The molecule has 9 heavy (non-hydrogen) atoms. The molecule has 0 aliphatic rings. The summed E-state index contributed by atoms with van der Waals surface area (Å²) in [6.45, 7) is 7.74. The van der Waals surface area contributed by atoms with Crippen molar-refractivity contribution in [1.82, 2.24) is 0 Å². The minimum absolute atomic E-state index is 0. The van der Waals surface area contributed by atoms with Gasteiger partial charge in [-0.1, -0.05) is 13.0 Å². The Balaban J connectivity index is 0. The Kier molecular flexibility index (Phi) is 6.30. The summed E-state index contributed by atoms with van der Waals surface area (Å²) in [6, 6.07) is 0. The topological polar surface area (TPSA) is 26.0 Å². The lowest BCUT2D eigenvalue weighted by Gasteiger charge is -2.19. The van der Waals surface area contributed by atoms with Crippen LogP contribution in [-0.2, 0) is 0 Å². The van der Waals surface area contributed by atoms with Gasteiger partial charge in [0.2, 0.25) is 0 Å². The van der Waals surface area contributed by atoms with E-state index in [1.54, 1.807) is 0 Å². The maximum atomic E-state index is 5.76. The monoisotopic (exact) mass is 149 g/mol. The first-order chi connectivity index (χ1) is 3.62. The van der Waals surface area contributed by atoms with E-state index in [1.165, 1.54) is 0 Å². The summed E-state index contributed by atoms with van der Waals surface area (Å²) in [5.41, 5.74) is 5.73. The Hall–Kier alpha value is -0.0100. The van der Waals surface area contributed by atoms with E-state index >= 15 is 0 Å². The molecule has 0 aliphatic heterocycles. The van der Waals surface area contributed by atoms with Gasteiger partial charge < -0.3 is 5.73 Å². The van der Waals surface area contributed by atoms with Gasteiger partial charge in [0, 0.05) is 5.54 Å². The van der Waals surface area contributed by atoms with Crippen LogP contribution in [0, 0.1) is 0 Å². The van der Waals surface area contributed by atoms with Crippen molar-refractivity contribution in [2.24, 2.45) is 5.73 Å². The van der Waals surface area contributed by atoms with Crippen LogP contribution < -0.4 is 5.73 Å². The van der Waals surface area contributed by atoms with Gasteiger partial charge in [-0.3, -0.25) is 0 Å². The van der Waals surface area contributed by atoms with Crippen molar-refractivity contribution < 1.29 is 0 Å². The van der Waals surface area contributed by atoms with Crippen LogP contribution in [0.2, 0.25) is 0 Å². The molecule has 1 unspecified atom stereocenters. The zero-order valence-corrected chi connectivity index (χ0v) is 7.00. The molecule has 0 aliphatic carbocycles. The van der Waals surface area contributed by atoms with E-state index < -0.39 is 0 Å². The molecule has 1 atom stereocenters. The lowest BCUT2D eigenvalue weighted by atomic mass is 9.96. The third-order valence-corrected chi connectivity index (χ3v) is 1.42. The summed E-state index contributed by atoms with van der Waals surface area (Å²) in [5, 5.41) is 0. The summed E-state index contributed by atoms with van der Waals surface area (Å²) >= 11 is 0. The minimum atomic E-state index is -0.0260. The second-order valence-corrected chi connectivity index (χ2v) is 2.50. The van der Waals surface area contributed by atoms with Crippen molar-refractivity contribution in [2.75, 3.05) is 0 Å². The number of hydrogen-bond acceptors (Lipinski definition) is 1. The standard InChI is InChI=1S/C7H15N.ClH/c1-4-6-7(3,8)5-2;/h4H,1,5-6,8H2,2-3H3;1H. The van der Waals surface area contributed by atoms with Crippen LogP contribution in [0.15, 0.2) is 12.7 Å². The van der Waals surface area contributed by atoms with E-state index in [1.807, 2.05) is 13.0 Å². The Morgan fingerprint density at radius 1 is 1.67 bits per heavy atom.